The molecule has 0 unspecified atom stereocenters. The molecule has 28 heavy (non-hydrogen) atoms. The molecule has 0 fully saturated rings. The summed E-state index contributed by atoms with van der Waals surface area (Å²) in [7, 11) is 1.53. The predicted octanol–water partition coefficient (Wildman–Crippen LogP) is 2.66. The van der Waals surface area contributed by atoms with Crippen LogP contribution in [0, 0.1) is 0 Å². The zero-order valence-electron chi connectivity index (χ0n) is 17.1. The van der Waals surface area contributed by atoms with Gasteiger partial charge in [0, 0.05) is 11.6 Å². The van der Waals surface area contributed by atoms with Crippen LogP contribution >= 0.6 is 0 Å². The predicted molar refractivity (Wildman–Crippen MR) is 105 cm³/mol. The van der Waals surface area contributed by atoms with Crippen molar-refractivity contribution in [3.63, 3.8) is 0 Å². The van der Waals surface area contributed by atoms with Crippen molar-refractivity contribution in [1.29, 1.82) is 0 Å². The minimum absolute atomic E-state index is 0.00176. The summed E-state index contributed by atoms with van der Waals surface area (Å²) in [6.45, 7) is 8.58. The van der Waals surface area contributed by atoms with Crippen LogP contribution in [-0.4, -0.2) is 43.3 Å². The van der Waals surface area contributed by atoms with Crippen LogP contribution in [0.5, 0.6) is 11.5 Å². The van der Waals surface area contributed by atoms with Gasteiger partial charge < -0.3 is 19.5 Å². The Labute approximate surface area is 165 Å². The molecule has 0 aliphatic rings. The standard InChI is InChI=1S/C20H28N2O6/c1-13(2)28-15-9-7-14(11-16(15)26-6)8-10-18(24)27-12-17(23)21-19(25)22-20(3,4)5/h7-11,13H,12H2,1-6H3,(H2,21,22,23,25)/b10-8+. The van der Waals surface area contributed by atoms with E-state index in [1.807, 2.05) is 13.8 Å². The number of hydrogen-bond acceptors (Lipinski definition) is 6. The molecule has 154 valence electrons. The number of benzene rings is 1. The van der Waals surface area contributed by atoms with E-state index in [0.717, 1.165) is 0 Å². The van der Waals surface area contributed by atoms with E-state index in [0.29, 0.717) is 17.1 Å². The second kappa shape index (κ2) is 10.3. The Morgan fingerprint density at radius 3 is 2.39 bits per heavy atom. The van der Waals surface area contributed by atoms with Crippen LogP contribution in [0.3, 0.4) is 0 Å². The van der Waals surface area contributed by atoms with Gasteiger partial charge in [0.1, 0.15) is 0 Å². The normalized spacial score (nSPS) is 11.2. The molecule has 0 bridgehead atoms. The number of imide groups is 1. The Bertz CT molecular complexity index is 735. The first-order valence-corrected chi connectivity index (χ1v) is 8.81. The van der Waals surface area contributed by atoms with E-state index in [2.05, 4.69) is 10.6 Å². The van der Waals surface area contributed by atoms with Gasteiger partial charge in [0.2, 0.25) is 0 Å². The van der Waals surface area contributed by atoms with Crippen LogP contribution in [0.1, 0.15) is 40.2 Å². The highest BCUT2D eigenvalue weighted by atomic mass is 16.5. The molecule has 2 N–H and O–H groups in total. The molecular formula is C20H28N2O6. The fourth-order valence-electron chi connectivity index (χ4n) is 2.02. The third-order valence-electron chi connectivity index (χ3n) is 3.05. The minimum Gasteiger partial charge on any atom is -0.493 e. The van der Waals surface area contributed by atoms with Crippen molar-refractivity contribution < 1.29 is 28.6 Å². The molecule has 8 heteroatoms. The summed E-state index contributed by atoms with van der Waals surface area (Å²) in [5.74, 6) is -0.302. The number of urea groups is 1. The summed E-state index contributed by atoms with van der Waals surface area (Å²) in [4.78, 5) is 34.9. The molecule has 0 atom stereocenters. The first-order chi connectivity index (χ1) is 13.0. The number of hydrogen-bond donors (Lipinski definition) is 2. The van der Waals surface area contributed by atoms with Crippen LogP contribution in [0.25, 0.3) is 6.08 Å². The molecule has 0 saturated carbocycles. The SMILES string of the molecule is COc1cc(/C=C/C(=O)OCC(=O)NC(=O)NC(C)(C)C)ccc1OC(C)C. The lowest BCUT2D eigenvalue weighted by Crippen LogP contribution is -2.49. The van der Waals surface area contributed by atoms with Gasteiger partial charge >= 0.3 is 12.0 Å². The van der Waals surface area contributed by atoms with Crippen molar-refractivity contribution in [1.82, 2.24) is 10.6 Å². The Morgan fingerprint density at radius 1 is 1.14 bits per heavy atom. The molecule has 1 rings (SSSR count). The fourth-order valence-corrected chi connectivity index (χ4v) is 2.02. The first-order valence-electron chi connectivity index (χ1n) is 8.81. The van der Waals surface area contributed by atoms with Crippen LogP contribution < -0.4 is 20.1 Å². The van der Waals surface area contributed by atoms with E-state index >= 15 is 0 Å². The number of nitrogens with one attached hydrogen (secondary N) is 2. The highest BCUT2D eigenvalue weighted by Gasteiger charge is 2.16. The summed E-state index contributed by atoms with van der Waals surface area (Å²) < 4.78 is 15.7. The number of rotatable bonds is 7. The van der Waals surface area contributed by atoms with Crippen molar-refractivity contribution in [2.24, 2.45) is 0 Å². The highest BCUT2D eigenvalue weighted by Crippen LogP contribution is 2.29. The maximum Gasteiger partial charge on any atom is 0.331 e. The lowest BCUT2D eigenvalue weighted by molar-refractivity contribution is -0.143. The maximum atomic E-state index is 11.8. The van der Waals surface area contributed by atoms with Gasteiger partial charge in [-0.15, -0.1) is 0 Å². The van der Waals surface area contributed by atoms with E-state index in [1.54, 1.807) is 39.0 Å². The van der Waals surface area contributed by atoms with Gasteiger partial charge in [0.15, 0.2) is 18.1 Å². The fraction of sp³-hybridized carbons (Fsp3) is 0.450. The van der Waals surface area contributed by atoms with E-state index < -0.39 is 30.1 Å². The summed E-state index contributed by atoms with van der Waals surface area (Å²) in [6, 6.07) is 4.56. The molecule has 0 saturated heterocycles. The van der Waals surface area contributed by atoms with Crippen molar-refractivity contribution in [3.8, 4) is 11.5 Å². The zero-order chi connectivity index (χ0) is 21.3. The largest absolute Gasteiger partial charge is 0.493 e. The molecule has 8 nitrogen and oxygen atoms in total. The molecule has 0 radical (unpaired) electrons. The Morgan fingerprint density at radius 2 is 1.82 bits per heavy atom. The first kappa shape index (κ1) is 23.0. The molecular weight excluding hydrogens is 364 g/mol. The maximum absolute atomic E-state index is 11.8. The van der Waals surface area contributed by atoms with E-state index in [4.69, 9.17) is 14.2 Å². The van der Waals surface area contributed by atoms with Gasteiger partial charge in [-0.2, -0.15) is 0 Å². The molecule has 0 aliphatic carbocycles. The van der Waals surface area contributed by atoms with E-state index in [-0.39, 0.29) is 6.10 Å². The number of esters is 1. The van der Waals surface area contributed by atoms with Crippen molar-refractivity contribution in [3.05, 3.63) is 29.8 Å². The number of carbonyl (C=O) groups is 3. The smallest absolute Gasteiger partial charge is 0.331 e. The number of carbonyl (C=O) groups excluding carboxylic acids is 3. The van der Waals surface area contributed by atoms with Crippen LogP contribution in [0.4, 0.5) is 4.79 Å². The molecule has 0 spiro atoms. The molecule has 1 aromatic carbocycles. The van der Waals surface area contributed by atoms with Gasteiger partial charge in [-0.1, -0.05) is 6.07 Å². The van der Waals surface area contributed by atoms with E-state index in [9.17, 15) is 14.4 Å². The Hall–Kier alpha value is -3.03. The second-order valence-corrected chi connectivity index (χ2v) is 7.27. The average molecular weight is 392 g/mol. The molecule has 3 amide bonds. The van der Waals surface area contributed by atoms with Gasteiger partial charge in [-0.05, 0) is 58.4 Å². The van der Waals surface area contributed by atoms with Gasteiger partial charge in [0.25, 0.3) is 5.91 Å². The monoisotopic (exact) mass is 392 g/mol. The van der Waals surface area contributed by atoms with E-state index in [1.165, 1.54) is 19.3 Å². The minimum atomic E-state index is -0.722. The number of amides is 3. The molecule has 0 aromatic heterocycles. The third kappa shape index (κ3) is 9.07. The Balaban J connectivity index is 2.55. The Kier molecular flexibility index (Phi) is 8.50. The molecule has 0 heterocycles. The van der Waals surface area contributed by atoms with Crippen LogP contribution in [0.2, 0.25) is 0 Å². The quantitative estimate of drug-likeness (QED) is 0.546. The summed E-state index contributed by atoms with van der Waals surface area (Å²) in [6.07, 6.45) is 2.70. The van der Waals surface area contributed by atoms with Crippen molar-refractivity contribution in [2.75, 3.05) is 13.7 Å². The van der Waals surface area contributed by atoms with Crippen LogP contribution in [-0.2, 0) is 14.3 Å². The lowest BCUT2D eigenvalue weighted by Gasteiger charge is -2.20. The topological polar surface area (TPSA) is 103 Å². The number of methoxy groups -OCH3 is 1. The zero-order valence-corrected chi connectivity index (χ0v) is 17.1. The summed E-state index contributed by atoms with van der Waals surface area (Å²) in [5.41, 5.74) is 0.208. The average Bonchev–Trinajstić information content (AvgIpc) is 2.56. The van der Waals surface area contributed by atoms with Gasteiger partial charge in [-0.3, -0.25) is 10.1 Å². The third-order valence-corrected chi connectivity index (χ3v) is 3.05. The second-order valence-electron chi connectivity index (χ2n) is 7.27. The van der Waals surface area contributed by atoms with Gasteiger partial charge in [-0.25, -0.2) is 9.59 Å². The number of ether oxygens (including phenoxy) is 3. The highest BCUT2D eigenvalue weighted by molar-refractivity contribution is 5.96. The lowest BCUT2D eigenvalue weighted by atomic mass is 10.1. The summed E-state index contributed by atoms with van der Waals surface area (Å²) in [5, 5.41) is 4.65. The molecule has 1 aromatic rings. The van der Waals surface area contributed by atoms with Crippen LogP contribution in [0.15, 0.2) is 24.3 Å². The van der Waals surface area contributed by atoms with Gasteiger partial charge in [0.05, 0.1) is 13.2 Å². The van der Waals surface area contributed by atoms with Crippen molar-refractivity contribution in [2.45, 2.75) is 46.3 Å². The molecule has 0 aliphatic heterocycles. The summed E-state index contributed by atoms with van der Waals surface area (Å²) >= 11 is 0. The van der Waals surface area contributed by atoms with Crippen molar-refractivity contribution >= 4 is 24.0 Å².